The molecule has 1 aromatic rings. The van der Waals surface area contributed by atoms with E-state index in [2.05, 4.69) is 50.5 Å². The van der Waals surface area contributed by atoms with Crippen LogP contribution < -0.4 is 15.4 Å². The molecule has 1 aliphatic rings. The highest BCUT2D eigenvalue weighted by Crippen LogP contribution is 2.27. The van der Waals surface area contributed by atoms with E-state index in [0.29, 0.717) is 6.54 Å². The molecule has 1 fully saturated rings. The van der Waals surface area contributed by atoms with E-state index in [1.807, 2.05) is 12.1 Å². The average molecular weight is 369 g/mol. The number of ether oxygens (including phenoxy) is 1. The van der Waals surface area contributed by atoms with E-state index in [1.165, 1.54) is 5.56 Å². The van der Waals surface area contributed by atoms with Crippen LogP contribution in [0.1, 0.15) is 53.0 Å². The van der Waals surface area contributed by atoms with Crippen LogP contribution in [0.25, 0.3) is 0 Å². The van der Waals surface area contributed by atoms with Gasteiger partial charge in [-0.2, -0.15) is 0 Å². The molecule has 1 heterocycles. The minimum Gasteiger partial charge on any atom is -0.481 e. The van der Waals surface area contributed by atoms with E-state index < -0.39 is 6.10 Å². The van der Waals surface area contributed by atoms with Gasteiger partial charge >= 0.3 is 0 Å². The third-order valence-corrected chi connectivity index (χ3v) is 4.90. The zero-order valence-electron chi connectivity index (χ0n) is 16.1. The number of rotatable bonds is 5. The summed E-state index contributed by atoms with van der Waals surface area (Å²) in [5.74, 6) is 0.688. The van der Waals surface area contributed by atoms with Crippen LogP contribution in [0.2, 0.25) is 0 Å². The van der Waals surface area contributed by atoms with Gasteiger partial charge in [-0.3, -0.25) is 4.79 Å². The van der Waals surface area contributed by atoms with Crippen LogP contribution in [0.15, 0.2) is 24.3 Å². The first kappa shape index (κ1) is 21.8. The quantitative estimate of drug-likeness (QED) is 0.833. The van der Waals surface area contributed by atoms with Crippen molar-refractivity contribution < 1.29 is 9.53 Å². The lowest BCUT2D eigenvalue weighted by molar-refractivity contribution is -0.127. The third-order valence-electron chi connectivity index (χ3n) is 4.90. The van der Waals surface area contributed by atoms with Crippen LogP contribution in [0.4, 0.5) is 0 Å². The molecule has 0 spiro atoms. The molecule has 0 bridgehead atoms. The molecule has 0 radical (unpaired) electrons. The lowest BCUT2D eigenvalue weighted by atomic mass is 9.81. The Balaban J connectivity index is 0.00000312. The average Bonchev–Trinajstić information content (AvgIpc) is 2.53. The van der Waals surface area contributed by atoms with Crippen molar-refractivity contribution in [3.63, 3.8) is 0 Å². The molecule has 1 amide bonds. The molecule has 0 aliphatic carbocycles. The number of benzene rings is 1. The molecule has 142 valence electrons. The summed E-state index contributed by atoms with van der Waals surface area (Å²) in [7, 11) is 0. The molecule has 1 aromatic carbocycles. The second-order valence-electron chi connectivity index (χ2n) is 8.31. The van der Waals surface area contributed by atoms with E-state index in [9.17, 15) is 4.79 Å². The molecule has 5 heteroatoms. The van der Waals surface area contributed by atoms with Gasteiger partial charge in [-0.1, -0.05) is 39.8 Å². The van der Waals surface area contributed by atoms with Crippen molar-refractivity contribution in [2.24, 2.45) is 5.41 Å². The SMILES string of the molecule is CC(Oc1ccc(C(C)(C)C)cc1)C(=O)NCC1(C)CCNCC1.Cl. The van der Waals surface area contributed by atoms with Gasteiger partial charge in [-0.15, -0.1) is 12.4 Å². The molecular formula is C20H33ClN2O2. The van der Waals surface area contributed by atoms with Gasteiger partial charge in [0.05, 0.1) is 0 Å². The van der Waals surface area contributed by atoms with Gasteiger partial charge in [0.15, 0.2) is 6.10 Å². The Morgan fingerprint density at radius 2 is 1.80 bits per heavy atom. The first-order valence-corrected chi connectivity index (χ1v) is 8.95. The maximum Gasteiger partial charge on any atom is 0.260 e. The number of halogens is 1. The summed E-state index contributed by atoms with van der Waals surface area (Å²) in [6, 6.07) is 8.02. The minimum absolute atomic E-state index is 0. The zero-order valence-corrected chi connectivity index (χ0v) is 17.0. The lowest BCUT2D eigenvalue weighted by Gasteiger charge is -2.34. The molecule has 0 aromatic heterocycles. The number of piperidine rings is 1. The van der Waals surface area contributed by atoms with Crippen LogP contribution in [-0.2, 0) is 10.2 Å². The first-order chi connectivity index (χ1) is 11.2. The van der Waals surface area contributed by atoms with Crippen molar-refractivity contribution in [3.05, 3.63) is 29.8 Å². The Morgan fingerprint density at radius 1 is 1.24 bits per heavy atom. The van der Waals surface area contributed by atoms with Crippen molar-refractivity contribution in [1.82, 2.24) is 10.6 Å². The maximum absolute atomic E-state index is 12.3. The van der Waals surface area contributed by atoms with Crippen LogP contribution in [0.3, 0.4) is 0 Å². The highest BCUT2D eigenvalue weighted by molar-refractivity contribution is 5.85. The van der Waals surface area contributed by atoms with Gasteiger partial charge in [0.25, 0.3) is 5.91 Å². The maximum atomic E-state index is 12.3. The van der Waals surface area contributed by atoms with Crippen molar-refractivity contribution >= 4 is 18.3 Å². The van der Waals surface area contributed by atoms with Gasteiger partial charge in [0.1, 0.15) is 5.75 Å². The molecule has 1 atom stereocenters. The van der Waals surface area contributed by atoms with Crippen molar-refractivity contribution in [2.45, 2.75) is 59.0 Å². The minimum atomic E-state index is -0.490. The van der Waals surface area contributed by atoms with Gasteiger partial charge in [0.2, 0.25) is 0 Å². The monoisotopic (exact) mass is 368 g/mol. The van der Waals surface area contributed by atoms with E-state index in [0.717, 1.165) is 31.7 Å². The molecule has 1 unspecified atom stereocenters. The van der Waals surface area contributed by atoms with Crippen molar-refractivity contribution in [2.75, 3.05) is 19.6 Å². The van der Waals surface area contributed by atoms with E-state index in [-0.39, 0.29) is 29.1 Å². The molecular weight excluding hydrogens is 336 g/mol. The summed E-state index contributed by atoms with van der Waals surface area (Å²) in [6.07, 6.45) is 1.70. The topological polar surface area (TPSA) is 50.4 Å². The van der Waals surface area contributed by atoms with Gasteiger partial charge in [0, 0.05) is 6.54 Å². The second-order valence-corrected chi connectivity index (χ2v) is 8.31. The standard InChI is InChI=1S/C20H32N2O2.ClH/c1-15(18(23)22-14-20(5)10-12-21-13-11-20)24-17-8-6-16(7-9-17)19(2,3)4;/h6-9,15,21H,10-14H2,1-5H3,(H,22,23);1H. The Hall–Kier alpha value is -1.26. The molecule has 1 aliphatic heterocycles. The normalized spacial score (nSPS) is 18.0. The fraction of sp³-hybridized carbons (Fsp3) is 0.650. The lowest BCUT2D eigenvalue weighted by Crippen LogP contribution is -2.45. The fourth-order valence-electron chi connectivity index (χ4n) is 2.94. The zero-order chi connectivity index (χ0) is 17.8. The van der Waals surface area contributed by atoms with Crippen LogP contribution >= 0.6 is 12.4 Å². The molecule has 25 heavy (non-hydrogen) atoms. The summed E-state index contributed by atoms with van der Waals surface area (Å²) in [5, 5.41) is 6.42. The fourth-order valence-corrected chi connectivity index (χ4v) is 2.94. The third kappa shape index (κ3) is 6.52. The molecule has 1 saturated heterocycles. The number of hydrogen-bond acceptors (Lipinski definition) is 3. The smallest absolute Gasteiger partial charge is 0.260 e. The van der Waals surface area contributed by atoms with Crippen LogP contribution in [-0.4, -0.2) is 31.6 Å². The summed E-state index contributed by atoms with van der Waals surface area (Å²) in [5.41, 5.74) is 1.56. The predicted molar refractivity (Wildman–Crippen MR) is 106 cm³/mol. The van der Waals surface area contributed by atoms with E-state index in [4.69, 9.17) is 4.74 Å². The highest BCUT2D eigenvalue weighted by atomic mass is 35.5. The number of nitrogens with one attached hydrogen (secondary N) is 2. The van der Waals surface area contributed by atoms with Gasteiger partial charge in [-0.05, 0) is 61.4 Å². The highest BCUT2D eigenvalue weighted by Gasteiger charge is 2.28. The van der Waals surface area contributed by atoms with Crippen molar-refractivity contribution in [1.29, 1.82) is 0 Å². The number of carbonyl (C=O) groups excluding carboxylic acids is 1. The Kier molecular flexibility index (Phi) is 7.76. The number of hydrogen-bond donors (Lipinski definition) is 2. The molecule has 4 nitrogen and oxygen atoms in total. The van der Waals surface area contributed by atoms with Crippen molar-refractivity contribution in [3.8, 4) is 5.75 Å². The van der Waals surface area contributed by atoms with Crippen LogP contribution in [0, 0.1) is 5.41 Å². The second kappa shape index (κ2) is 8.91. The Bertz CT molecular complexity index is 546. The van der Waals surface area contributed by atoms with Gasteiger partial charge < -0.3 is 15.4 Å². The summed E-state index contributed by atoms with van der Waals surface area (Å²) in [6.45, 7) is 13.4. The molecule has 2 rings (SSSR count). The number of carbonyl (C=O) groups is 1. The first-order valence-electron chi connectivity index (χ1n) is 8.95. The summed E-state index contributed by atoms with van der Waals surface area (Å²) < 4.78 is 5.79. The Morgan fingerprint density at radius 3 is 2.32 bits per heavy atom. The van der Waals surface area contributed by atoms with E-state index in [1.54, 1.807) is 6.92 Å². The Labute approximate surface area is 158 Å². The largest absolute Gasteiger partial charge is 0.481 e. The molecule has 2 N–H and O–H groups in total. The molecule has 0 saturated carbocycles. The van der Waals surface area contributed by atoms with E-state index >= 15 is 0 Å². The predicted octanol–water partition coefficient (Wildman–Crippen LogP) is 3.68. The summed E-state index contributed by atoms with van der Waals surface area (Å²) >= 11 is 0. The van der Waals surface area contributed by atoms with Gasteiger partial charge in [-0.25, -0.2) is 0 Å². The van der Waals surface area contributed by atoms with Crippen LogP contribution in [0.5, 0.6) is 5.75 Å². The number of amides is 1. The summed E-state index contributed by atoms with van der Waals surface area (Å²) in [4.78, 5) is 12.3.